The van der Waals surface area contributed by atoms with Crippen molar-refractivity contribution in [2.45, 2.75) is 57.7 Å². The number of carbonyl (C=O) groups is 2. The minimum atomic E-state index is -0.593. The van der Waals surface area contributed by atoms with Gasteiger partial charge in [-0.25, -0.2) is 0 Å². The summed E-state index contributed by atoms with van der Waals surface area (Å²) in [5.74, 6) is 0.673. The van der Waals surface area contributed by atoms with E-state index in [1.165, 1.54) is 0 Å². The third kappa shape index (κ3) is 6.98. The van der Waals surface area contributed by atoms with Crippen molar-refractivity contribution in [1.82, 2.24) is 10.2 Å². The molecule has 6 nitrogen and oxygen atoms in total. The van der Waals surface area contributed by atoms with Gasteiger partial charge < -0.3 is 20.7 Å². The van der Waals surface area contributed by atoms with E-state index in [0.29, 0.717) is 32.5 Å². The summed E-state index contributed by atoms with van der Waals surface area (Å²) in [6.45, 7) is 3.71. The third-order valence-corrected chi connectivity index (χ3v) is 6.76. The van der Waals surface area contributed by atoms with Crippen molar-refractivity contribution in [2.75, 3.05) is 13.2 Å². The molecule has 0 saturated carbocycles. The number of carbonyl (C=O) groups excluding carboxylic acids is 2. The predicted octanol–water partition coefficient (Wildman–Crippen LogP) is 4.71. The fraction of sp³-hybridized carbons (Fsp3) is 0.355. The highest BCUT2D eigenvalue weighted by Gasteiger charge is 2.40. The molecule has 0 aliphatic carbocycles. The van der Waals surface area contributed by atoms with Crippen molar-refractivity contribution in [1.29, 1.82) is 0 Å². The van der Waals surface area contributed by atoms with Gasteiger partial charge in [0, 0.05) is 13.0 Å². The smallest absolute Gasteiger partial charge is 0.246 e. The molecule has 1 fully saturated rings. The van der Waals surface area contributed by atoms with Gasteiger partial charge in [-0.2, -0.15) is 0 Å². The molecular weight excluding hydrogens is 462 g/mol. The maximum Gasteiger partial charge on any atom is 0.246 e. The number of unbranched alkanes of at least 4 members (excludes halogenated alkanes) is 1. The first kappa shape index (κ1) is 26.4. The average molecular weight is 500 g/mol. The Bertz CT molecular complexity index is 1150. The molecule has 0 aromatic heterocycles. The highest BCUT2D eigenvalue weighted by Crippen LogP contribution is 2.24. The van der Waals surface area contributed by atoms with Gasteiger partial charge in [0.15, 0.2) is 0 Å². The second-order valence-electron chi connectivity index (χ2n) is 9.59. The maximum atomic E-state index is 13.7. The SMILES string of the molecule is CCCOc1ccc(C[C@@H]2NC(=O)[C@H](CCCCN)N(Cc3ccc(-c4ccccc4)cc3)C2=O)cc1. The minimum Gasteiger partial charge on any atom is -0.494 e. The van der Waals surface area contributed by atoms with E-state index in [0.717, 1.165) is 47.3 Å². The van der Waals surface area contributed by atoms with Gasteiger partial charge in [-0.05, 0) is 66.6 Å². The van der Waals surface area contributed by atoms with Crippen LogP contribution in [0, 0.1) is 0 Å². The van der Waals surface area contributed by atoms with Gasteiger partial charge in [-0.3, -0.25) is 9.59 Å². The van der Waals surface area contributed by atoms with Gasteiger partial charge in [-0.15, -0.1) is 0 Å². The van der Waals surface area contributed by atoms with Crippen LogP contribution in [0.15, 0.2) is 78.9 Å². The van der Waals surface area contributed by atoms with Crippen molar-refractivity contribution >= 4 is 11.8 Å². The molecule has 1 saturated heterocycles. The molecule has 0 radical (unpaired) electrons. The first-order chi connectivity index (χ1) is 18.1. The lowest BCUT2D eigenvalue weighted by Crippen LogP contribution is -2.63. The van der Waals surface area contributed by atoms with Gasteiger partial charge >= 0.3 is 0 Å². The number of nitrogens with two attached hydrogens (primary N) is 1. The molecule has 3 aromatic rings. The Kier molecular flexibility index (Phi) is 9.33. The summed E-state index contributed by atoms with van der Waals surface area (Å²) in [7, 11) is 0. The van der Waals surface area contributed by atoms with E-state index < -0.39 is 12.1 Å². The molecule has 3 aromatic carbocycles. The van der Waals surface area contributed by atoms with E-state index in [1.807, 2.05) is 54.6 Å². The van der Waals surface area contributed by atoms with E-state index in [-0.39, 0.29) is 11.8 Å². The van der Waals surface area contributed by atoms with Gasteiger partial charge in [-0.1, -0.05) is 73.7 Å². The molecule has 37 heavy (non-hydrogen) atoms. The topological polar surface area (TPSA) is 84.7 Å². The number of nitrogens with zero attached hydrogens (tertiary/aromatic N) is 1. The van der Waals surface area contributed by atoms with E-state index in [9.17, 15) is 9.59 Å². The molecule has 194 valence electrons. The number of nitrogens with one attached hydrogen (secondary N) is 1. The Hall–Kier alpha value is -3.64. The van der Waals surface area contributed by atoms with Crippen LogP contribution in [0.2, 0.25) is 0 Å². The molecular formula is C31H37N3O3. The lowest BCUT2D eigenvalue weighted by atomic mass is 9.96. The van der Waals surface area contributed by atoms with Crippen LogP contribution in [0.4, 0.5) is 0 Å². The number of piperazine rings is 1. The average Bonchev–Trinajstić information content (AvgIpc) is 2.93. The lowest BCUT2D eigenvalue weighted by molar-refractivity contribution is -0.150. The molecule has 0 bridgehead atoms. The molecule has 4 rings (SSSR count). The molecule has 0 spiro atoms. The zero-order valence-corrected chi connectivity index (χ0v) is 21.6. The van der Waals surface area contributed by atoms with Crippen LogP contribution in [-0.4, -0.2) is 41.9 Å². The molecule has 6 heteroatoms. The Morgan fingerprint density at radius 2 is 1.54 bits per heavy atom. The number of hydrogen-bond donors (Lipinski definition) is 2. The Morgan fingerprint density at radius 3 is 2.22 bits per heavy atom. The van der Waals surface area contributed by atoms with Crippen molar-refractivity contribution < 1.29 is 14.3 Å². The van der Waals surface area contributed by atoms with E-state index in [1.54, 1.807) is 4.90 Å². The number of rotatable bonds is 12. The summed E-state index contributed by atoms with van der Waals surface area (Å²) >= 11 is 0. The van der Waals surface area contributed by atoms with E-state index >= 15 is 0 Å². The summed E-state index contributed by atoms with van der Waals surface area (Å²) in [5.41, 5.74) is 9.93. The van der Waals surface area contributed by atoms with Crippen LogP contribution in [0.5, 0.6) is 5.75 Å². The Balaban J connectivity index is 1.50. The quantitative estimate of drug-likeness (QED) is 0.354. The second-order valence-corrected chi connectivity index (χ2v) is 9.59. The molecule has 1 aliphatic heterocycles. The monoisotopic (exact) mass is 499 g/mol. The predicted molar refractivity (Wildman–Crippen MR) is 147 cm³/mol. The van der Waals surface area contributed by atoms with Crippen LogP contribution < -0.4 is 15.8 Å². The highest BCUT2D eigenvalue weighted by atomic mass is 16.5. The third-order valence-electron chi connectivity index (χ3n) is 6.76. The molecule has 2 atom stereocenters. The molecule has 1 heterocycles. The van der Waals surface area contributed by atoms with Crippen molar-refractivity contribution in [3.8, 4) is 16.9 Å². The van der Waals surface area contributed by atoms with Gasteiger partial charge in [0.25, 0.3) is 0 Å². The fourth-order valence-corrected chi connectivity index (χ4v) is 4.73. The molecule has 1 aliphatic rings. The summed E-state index contributed by atoms with van der Waals surface area (Å²) in [6.07, 6.45) is 3.62. The Labute approximate surface area is 219 Å². The summed E-state index contributed by atoms with van der Waals surface area (Å²) in [6, 6.07) is 25.1. The summed E-state index contributed by atoms with van der Waals surface area (Å²) in [4.78, 5) is 28.6. The highest BCUT2D eigenvalue weighted by molar-refractivity contribution is 5.97. The number of benzene rings is 3. The second kappa shape index (κ2) is 13.1. The minimum absolute atomic E-state index is 0.0456. The summed E-state index contributed by atoms with van der Waals surface area (Å²) < 4.78 is 5.67. The first-order valence-corrected chi connectivity index (χ1v) is 13.3. The van der Waals surface area contributed by atoms with Crippen LogP contribution in [0.1, 0.15) is 43.7 Å². The molecule has 2 amide bonds. The normalized spacial score (nSPS) is 17.5. The van der Waals surface area contributed by atoms with E-state index in [4.69, 9.17) is 10.5 Å². The van der Waals surface area contributed by atoms with Crippen LogP contribution >= 0.6 is 0 Å². The lowest BCUT2D eigenvalue weighted by Gasteiger charge is -2.39. The van der Waals surface area contributed by atoms with Gasteiger partial charge in [0.05, 0.1) is 6.61 Å². The molecule has 3 N–H and O–H groups in total. The number of hydrogen-bond acceptors (Lipinski definition) is 4. The number of ether oxygens (including phenoxy) is 1. The first-order valence-electron chi connectivity index (χ1n) is 13.3. The van der Waals surface area contributed by atoms with Gasteiger partial charge in [0.2, 0.25) is 11.8 Å². The van der Waals surface area contributed by atoms with Crippen molar-refractivity contribution in [3.05, 3.63) is 90.0 Å². The standard InChI is InChI=1S/C31H37N3O3/c1-2-20-37-27-17-13-23(14-18-27)21-28-31(36)34(29(30(35)33-28)10-6-7-19-32)22-24-11-15-26(16-12-24)25-8-4-3-5-9-25/h3-5,8-9,11-18,28-29H,2,6-7,10,19-22,32H2,1H3,(H,33,35)/t28-,29-/m0/s1. The van der Waals surface area contributed by atoms with Crippen LogP contribution in [-0.2, 0) is 22.6 Å². The zero-order valence-electron chi connectivity index (χ0n) is 21.6. The number of amides is 2. The fourth-order valence-electron chi connectivity index (χ4n) is 4.73. The van der Waals surface area contributed by atoms with Crippen LogP contribution in [0.25, 0.3) is 11.1 Å². The maximum absolute atomic E-state index is 13.7. The van der Waals surface area contributed by atoms with Crippen molar-refractivity contribution in [2.24, 2.45) is 5.73 Å². The summed E-state index contributed by atoms with van der Waals surface area (Å²) in [5, 5.41) is 2.99. The molecule has 0 unspecified atom stereocenters. The zero-order chi connectivity index (χ0) is 26.0. The van der Waals surface area contributed by atoms with Crippen molar-refractivity contribution in [3.63, 3.8) is 0 Å². The van der Waals surface area contributed by atoms with Crippen LogP contribution in [0.3, 0.4) is 0 Å². The van der Waals surface area contributed by atoms with E-state index in [2.05, 4.69) is 36.5 Å². The Morgan fingerprint density at radius 1 is 0.865 bits per heavy atom. The largest absolute Gasteiger partial charge is 0.494 e. The van der Waals surface area contributed by atoms with Gasteiger partial charge in [0.1, 0.15) is 17.8 Å².